The Morgan fingerprint density at radius 1 is 1.35 bits per heavy atom. The van der Waals surface area contributed by atoms with Crippen molar-refractivity contribution < 1.29 is 22.7 Å². The highest BCUT2D eigenvalue weighted by atomic mass is 19.4. The molecule has 0 aromatic heterocycles. The minimum absolute atomic E-state index is 0.0556. The van der Waals surface area contributed by atoms with Crippen LogP contribution in [-0.4, -0.2) is 35.8 Å². The van der Waals surface area contributed by atoms with Gasteiger partial charge < -0.3 is 15.4 Å². The summed E-state index contributed by atoms with van der Waals surface area (Å²) in [6.07, 6.45) is -2.27. The average Bonchev–Trinajstić information content (AvgIpc) is 2.44. The molecule has 1 aliphatic rings. The smallest absolute Gasteiger partial charge is 0.406 e. The molecule has 2 rings (SSSR count). The van der Waals surface area contributed by atoms with Crippen molar-refractivity contribution in [2.24, 2.45) is 5.73 Å². The Balaban J connectivity index is 1.84. The van der Waals surface area contributed by atoms with E-state index in [9.17, 15) is 18.0 Å². The zero-order valence-electron chi connectivity index (χ0n) is 13.0. The predicted octanol–water partition coefficient (Wildman–Crippen LogP) is 2.86. The quantitative estimate of drug-likeness (QED) is 0.923. The van der Waals surface area contributed by atoms with Gasteiger partial charge in [-0.1, -0.05) is 12.1 Å². The first-order chi connectivity index (χ1) is 10.7. The van der Waals surface area contributed by atoms with E-state index in [0.29, 0.717) is 19.4 Å². The van der Waals surface area contributed by atoms with Gasteiger partial charge in [0.25, 0.3) is 0 Å². The van der Waals surface area contributed by atoms with Crippen molar-refractivity contribution in [1.29, 1.82) is 0 Å². The molecule has 2 N–H and O–H groups in total. The van der Waals surface area contributed by atoms with Crippen LogP contribution in [0.1, 0.15) is 31.7 Å². The highest BCUT2D eigenvalue weighted by molar-refractivity contribution is 5.76. The third-order valence-electron chi connectivity index (χ3n) is 4.02. The van der Waals surface area contributed by atoms with Crippen LogP contribution in [-0.2, 0) is 11.2 Å². The summed E-state index contributed by atoms with van der Waals surface area (Å²) in [7, 11) is 0. The lowest BCUT2D eigenvalue weighted by molar-refractivity contribution is -0.274. The number of halogens is 3. The van der Waals surface area contributed by atoms with E-state index in [1.165, 1.54) is 12.1 Å². The van der Waals surface area contributed by atoms with Gasteiger partial charge in [0.15, 0.2) is 0 Å². The van der Waals surface area contributed by atoms with E-state index < -0.39 is 6.36 Å². The molecule has 0 aliphatic carbocycles. The number of ether oxygens (including phenoxy) is 1. The Morgan fingerprint density at radius 3 is 2.57 bits per heavy atom. The maximum Gasteiger partial charge on any atom is 0.573 e. The molecule has 1 fully saturated rings. The monoisotopic (exact) mass is 330 g/mol. The topological polar surface area (TPSA) is 55.6 Å². The Kier molecular flexibility index (Phi) is 5.51. The third kappa shape index (κ3) is 5.42. The summed E-state index contributed by atoms with van der Waals surface area (Å²) in [4.78, 5) is 14.1. The SMILES string of the molecule is C[C@H]1C[C@@H](N)CCN1C(=O)CCc1ccc(OC(F)(F)F)cc1. The van der Waals surface area contributed by atoms with Crippen molar-refractivity contribution in [2.45, 2.75) is 51.1 Å². The van der Waals surface area contributed by atoms with Crippen LogP contribution in [0.2, 0.25) is 0 Å². The standard InChI is InChI=1S/C16H21F3N2O2/c1-11-10-13(20)8-9-21(11)15(22)7-4-12-2-5-14(6-3-12)23-16(17,18)19/h2-3,5-6,11,13H,4,7-10,20H2,1H3/t11-,13-/m0/s1. The molecule has 0 bridgehead atoms. The molecular weight excluding hydrogens is 309 g/mol. The molecule has 23 heavy (non-hydrogen) atoms. The zero-order valence-corrected chi connectivity index (χ0v) is 13.0. The van der Waals surface area contributed by atoms with Crippen molar-refractivity contribution in [1.82, 2.24) is 4.90 Å². The van der Waals surface area contributed by atoms with Crippen LogP contribution in [0.15, 0.2) is 24.3 Å². The van der Waals surface area contributed by atoms with E-state index in [4.69, 9.17) is 5.73 Å². The molecule has 4 nitrogen and oxygen atoms in total. The van der Waals surface area contributed by atoms with Crippen molar-refractivity contribution in [3.05, 3.63) is 29.8 Å². The number of carbonyl (C=O) groups excluding carboxylic acids is 1. The number of alkyl halides is 3. The second-order valence-corrected chi connectivity index (χ2v) is 5.91. The second-order valence-electron chi connectivity index (χ2n) is 5.91. The lowest BCUT2D eigenvalue weighted by Crippen LogP contribution is -2.48. The van der Waals surface area contributed by atoms with Crippen LogP contribution in [0.4, 0.5) is 13.2 Å². The number of rotatable bonds is 4. The number of hydrogen-bond donors (Lipinski definition) is 1. The number of carbonyl (C=O) groups is 1. The number of nitrogens with two attached hydrogens (primary N) is 1. The fourth-order valence-corrected chi connectivity index (χ4v) is 2.83. The number of aryl methyl sites for hydroxylation is 1. The summed E-state index contributed by atoms with van der Waals surface area (Å²) in [5, 5.41) is 0. The second kappa shape index (κ2) is 7.21. The van der Waals surface area contributed by atoms with Gasteiger partial charge in [-0.3, -0.25) is 4.79 Å². The van der Waals surface area contributed by atoms with E-state index in [2.05, 4.69) is 4.74 Å². The van der Waals surface area contributed by atoms with Crippen molar-refractivity contribution >= 4 is 5.91 Å². The summed E-state index contributed by atoms with van der Waals surface area (Å²) >= 11 is 0. The Bertz CT molecular complexity index is 531. The number of amides is 1. The predicted molar refractivity (Wildman–Crippen MR) is 79.8 cm³/mol. The molecule has 1 heterocycles. The van der Waals surface area contributed by atoms with Gasteiger partial charge in [0, 0.05) is 25.0 Å². The average molecular weight is 330 g/mol. The van der Waals surface area contributed by atoms with E-state index in [1.54, 1.807) is 12.1 Å². The van der Waals surface area contributed by atoms with Gasteiger partial charge in [0.2, 0.25) is 5.91 Å². The number of nitrogens with zero attached hydrogens (tertiary/aromatic N) is 1. The molecule has 2 atom stereocenters. The van der Waals surface area contributed by atoms with Gasteiger partial charge in [-0.2, -0.15) is 0 Å². The first-order valence-electron chi connectivity index (χ1n) is 7.64. The summed E-state index contributed by atoms with van der Waals surface area (Å²) in [6.45, 7) is 2.65. The maximum atomic E-state index is 12.3. The Morgan fingerprint density at radius 2 is 2.00 bits per heavy atom. The van der Waals surface area contributed by atoms with E-state index in [1.807, 2.05) is 11.8 Å². The van der Waals surface area contributed by atoms with Crippen LogP contribution >= 0.6 is 0 Å². The molecule has 1 saturated heterocycles. The van der Waals surface area contributed by atoms with Crippen LogP contribution < -0.4 is 10.5 Å². The zero-order chi connectivity index (χ0) is 17.0. The Labute approximate surface area is 133 Å². The molecule has 1 amide bonds. The lowest BCUT2D eigenvalue weighted by atomic mass is 9.98. The van der Waals surface area contributed by atoms with Gasteiger partial charge in [-0.25, -0.2) is 0 Å². The largest absolute Gasteiger partial charge is 0.573 e. The summed E-state index contributed by atoms with van der Waals surface area (Å²) in [5.74, 6) is -0.203. The summed E-state index contributed by atoms with van der Waals surface area (Å²) in [5.41, 5.74) is 6.68. The molecule has 1 aliphatic heterocycles. The van der Waals surface area contributed by atoms with Crippen LogP contribution in [0.3, 0.4) is 0 Å². The van der Waals surface area contributed by atoms with Crippen LogP contribution in [0.5, 0.6) is 5.75 Å². The number of benzene rings is 1. The Hall–Kier alpha value is -1.76. The summed E-state index contributed by atoms with van der Waals surface area (Å²) < 4.78 is 40.1. The van der Waals surface area contributed by atoms with Crippen molar-refractivity contribution in [2.75, 3.05) is 6.54 Å². The van der Waals surface area contributed by atoms with Gasteiger partial charge in [-0.05, 0) is 43.9 Å². The minimum atomic E-state index is -4.69. The van der Waals surface area contributed by atoms with Crippen molar-refractivity contribution in [3.8, 4) is 5.75 Å². The highest BCUT2D eigenvalue weighted by Crippen LogP contribution is 2.23. The number of likely N-dealkylation sites (tertiary alicyclic amines) is 1. The minimum Gasteiger partial charge on any atom is -0.406 e. The first-order valence-corrected chi connectivity index (χ1v) is 7.64. The number of hydrogen-bond acceptors (Lipinski definition) is 3. The molecule has 0 radical (unpaired) electrons. The normalized spacial score (nSPS) is 22.0. The van der Waals surface area contributed by atoms with E-state index in [-0.39, 0.29) is 23.7 Å². The fraction of sp³-hybridized carbons (Fsp3) is 0.562. The van der Waals surface area contributed by atoms with Crippen LogP contribution in [0.25, 0.3) is 0 Å². The van der Waals surface area contributed by atoms with Gasteiger partial charge in [0.05, 0.1) is 0 Å². The number of piperidine rings is 1. The molecule has 1 aromatic rings. The van der Waals surface area contributed by atoms with Crippen LogP contribution in [0, 0.1) is 0 Å². The molecule has 0 unspecified atom stereocenters. The third-order valence-corrected chi connectivity index (χ3v) is 4.02. The van der Waals surface area contributed by atoms with Crippen molar-refractivity contribution in [3.63, 3.8) is 0 Å². The fourth-order valence-electron chi connectivity index (χ4n) is 2.83. The van der Waals surface area contributed by atoms with Gasteiger partial charge >= 0.3 is 6.36 Å². The van der Waals surface area contributed by atoms with E-state index in [0.717, 1.165) is 18.4 Å². The molecular formula is C16H21F3N2O2. The van der Waals surface area contributed by atoms with Gasteiger partial charge in [0.1, 0.15) is 5.75 Å². The van der Waals surface area contributed by atoms with E-state index >= 15 is 0 Å². The molecule has 0 saturated carbocycles. The molecule has 1 aromatic carbocycles. The first kappa shape index (κ1) is 17.6. The molecule has 0 spiro atoms. The highest BCUT2D eigenvalue weighted by Gasteiger charge is 2.31. The van der Waals surface area contributed by atoms with Gasteiger partial charge in [-0.15, -0.1) is 13.2 Å². The maximum absolute atomic E-state index is 12.3. The lowest BCUT2D eigenvalue weighted by Gasteiger charge is -2.36. The summed E-state index contributed by atoms with van der Waals surface area (Å²) in [6, 6.07) is 5.89. The molecule has 7 heteroatoms. The molecule has 128 valence electrons.